The number of aromatic nitrogens is 3. The van der Waals surface area contributed by atoms with Crippen LogP contribution in [0.2, 0.25) is 0 Å². The zero-order valence-corrected chi connectivity index (χ0v) is 21.9. The largest absolute Gasteiger partial charge is 0.677 e. The van der Waals surface area contributed by atoms with Gasteiger partial charge in [0, 0.05) is 12.2 Å². The van der Waals surface area contributed by atoms with Crippen LogP contribution < -0.4 is 0 Å². The van der Waals surface area contributed by atoms with Crippen molar-refractivity contribution in [2.45, 2.75) is 30.9 Å². The molecule has 0 radical (unpaired) electrons. The first kappa shape index (κ1) is 27.2. The molecule has 0 amide bonds. The van der Waals surface area contributed by atoms with Gasteiger partial charge in [-0.1, -0.05) is 60.7 Å². The molecule has 0 fully saturated rings. The number of para-hydroxylation sites is 1. The van der Waals surface area contributed by atoms with Crippen LogP contribution in [0.25, 0.3) is 16.8 Å². The van der Waals surface area contributed by atoms with Crippen LogP contribution in [0.4, 0.5) is 11.4 Å². The van der Waals surface area contributed by atoms with Gasteiger partial charge in [-0.05, 0) is 48.4 Å². The Morgan fingerprint density at radius 1 is 0.974 bits per heavy atom. The highest BCUT2D eigenvalue weighted by molar-refractivity contribution is 8.28. The summed E-state index contributed by atoms with van der Waals surface area (Å²) >= 11 is 0. The van der Waals surface area contributed by atoms with E-state index in [9.17, 15) is 9.35 Å². The number of fused-ring (bicyclic) bond motifs is 1. The quantitative estimate of drug-likeness (QED) is 0.0824. The number of benzene rings is 3. The predicted octanol–water partition coefficient (Wildman–Crippen LogP) is 7.56. The Hall–Kier alpha value is -3.86. The van der Waals surface area contributed by atoms with Gasteiger partial charge < -0.3 is 15.0 Å². The van der Waals surface area contributed by atoms with Crippen LogP contribution in [0.5, 0.6) is 0 Å². The number of unbranched alkanes of at least 4 members (excludes halogenated alkanes) is 1. The summed E-state index contributed by atoms with van der Waals surface area (Å²) < 4.78 is 18.9. The molecule has 4 aromatic rings. The monoisotopic (exact) mass is 531 g/mol. The van der Waals surface area contributed by atoms with Gasteiger partial charge in [0.05, 0.1) is 28.5 Å². The molecule has 0 saturated carbocycles. The Morgan fingerprint density at radius 2 is 1.66 bits per heavy atom. The predicted molar refractivity (Wildman–Crippen MR) is 152 cm³/mol. The molecular weight excluding hydrogens is 500 g/mol. The molecule has 1 heterocycles. The van der Waals surface area contributed by atoms with Crippen LogP contribution in [0.15, 0.2) is 101 Å². The van der Waals surface area contributed by atoms with Crippen molar-refractivity contribution in [1.29, 1.82) is 0 Å². The number of azo groups is 1. The van der Waals surface area contributed by atoms with E-state index in [4.69, 9.17) is 10.5 Å². The maximum atomic E-state index is 12.8. The zero-order chi connectivity index (χ0) is 26.8. The van der Waals surface area contributed by atoms with E-state index in [1.165, 1.54) is 0 Å². The molecule has 1 aromatic heterocycles. The van der Waals surface area contributed by atoms with Crippen molar-refractivity contribution in [3.8, 4) is 0 Å². The topological polar surface area (TPSA) is 126 Å². The van der Waals surface area contributed by atoms with Crippen molar-refractivity contribution in [3.05, 3.63) is 102 Å². The van der Waals surface area contributed by atoms with Crippen molar-refractivity contribution in [1.82, 2.24) is 15.0 Å². The average Bonchev–Trinajstić information content (AvgIpc) is 3.31. The second kappa shape index (κ2) is 13.1. The van der Waals surface area contributed by atoms with Gasteiger partial charge in [-0.3, -0.25) is 4.79 Å². The third-order valence-corrected chi connectivity index (χ3v) is 8.09. The SMILES string of the molecule is C=C(CCCC[NH-])OC(=O)CS(O)(Cc1ccc(N=Nc2ccccc2)cc1)Cn1nnc2ccccc21. The minimum absolute atomic E-state index is 0.128. The number of hydrogen-bond acceptors (Lipinski definition) is 7. The molecular formula is C28H31N6O3S-. The van der Waals surface area contributed by atoms with Crippen molar-refractivity contribution in [2.24, 2.45) is 10.2 Å². The molecule has 1 unspecified atom stereocenters. The minimum Gasteiger partial charge on any atom is -0.677 e. The fourth-order valence-corrected chi connectivity index (χ4v) is 6.11. The highest BCUT2D eigenvalue weighted by atomic mass is 32.3. The molecule has 0 aliphatic carbocycles. The Bertz CT molecular complexity index is 1390. The van der Waals surface area contributed by atoms with Gasteiger partial charge in [0.1, 0.15) is 11.3 Å². The number of ether oxygens (including phenoxy) is 1. The van der Waals surface area contributed by atoms with Gasteiger partial charge in [-0.25, -0.2) is 4.68 Å². The maximum absolute atomic E-state index is 12.8. The lowest BCUT2D eigenvalue weighted by Gasteiger charge is -2.33. The van der Waals surface area contributed by atoms with E-state index in [0.29, 0.717) is 36.3 Å². The van der Waals surface area contributed by atoms with Gasteiger partial charge >= 0.3 is 5.97 Å². The number of carbonyl (C=O) groups is 1. The summed E-state index contributed by atoms with van der Waals surface area (Å²) in [4.78, 5) is 12.8. The Balaban J connectivity index is 1.49. The van der Waals surface area contributed by atoms with Crippen molar-refractivity contribution < 1.29 is 14.1 Å². The lowest BCUT2D eigenvalue weighted by molar-refractivity contribution is -0.136. The van der Waals surface area contributed by atoms with Gasteiger partial charge in [-0.15, -0.1) is 15.4 Å². The molecule has 10 heteroatoms. The minimum atomic E-state index is -2.58. The average molecular weight is 532 g/mol. The summed E-state index contributed by atoms with van der Waals surface area (Å²) in [5.74, 6) is 0.0375. The van der Waals surface area contributed by atoms with Crippen LogP contribution >= 0.6 is 10.3 Å². The Kier molecular flexibility index (Phi) is 9.36. The second-order valence-electron chi connectivity index (χ2n) is 8.92. The molecule has 38 heavy (non-hydrogen) atoms. The summed E-state index contributed by atoms with van der Waals surface area (Å²) in [6.07, 6.45) is 1.95. The molecule has 0 spiro atoms. The standard InChI is InChI=1S/C28H31N6O3S/c1-22(9-7-8-18-29)37-28(35)20-38(36,21-34-27-13-6-5-12-26(27)32-33-34)19-23-14-16-25(17-15-23)31-30-24-10-3-2-4-11-24/h2-6,10-17,29,36H,1,7-9,18-21H2/q-1. The van der Waals surface area contributed by atoms with Gasteiger partial charge in [0.25, 0.3) is 0 Å². The summed E-state index contributed by atoms with van der Waals surface area (Å²) in [7, 11) is -2.58. The molecule has 2 N–H and O–H groups in total. The van der Waals surface area contributed by atoms with Crippen molar-refractivity contribution in [2.75, 3.05) is 12.3 Å². The van der Waals surface area contributed by atoms with E-state index < -0.39 is 16.3 Å². The van der Waals surface area contributed by atoms with Crippen molar-refractivity contribution >= 4 is 38.7 Å². The van der Waals surface area contributed by atoms with E-state index in [0.717, 1.165) is 23.2 Å². The van der Waals surface area contributed by atoms with Gasteiger partial charge in [0.2, 0.25) is 0 Å². The summed E-state index contributed by atoms with van der Waals surface area (Å²) in [6, 6.07) is 24.4. The normalized spacial score (nSPS) is 13.8. The Labute approximate surface area is 223 Å². The molecule has 4 rings (SSSR count). The van der Waals surface area contributed by atoms with Crippen LogP contribution in [-0.2, 0) is 21.2 Å². The summed E-state index contributed by atoms with van der Waals surface area (Å²) in [5.41, 5.74) is 11.0. The van der Waals surface area contributed by atoms with Gasteiger partial charge in [-0.2, -0.15) is 16.8 Å². The molecule has 3 aromatic carbocycles. The van der Waals surface area contributed by atoms with E-state index >= 15 is 0 Å². The molecule has 0 bridgehead atoms. The van der Waals surface area contributed by atoms with E-state index in [1.807, 2.05) is 78.9 Å². The lowest BCUT2D eigenvalue weighted by atomic mass is 10.2. The number of allylic oxidation sites excluding steroid dienone is 1. The first-order chi connectivity index (χ1) is 18.4. The number of rotatable bonds is 13. The van der Waals surface area contributed by atoms with Crippen LogP contribution in [0, 0.1) is 0 Å². The van der Waals surface area contributed by atoms with E-state index in [1.54, 1.807) is 4.68 Å². The van der Waals surface area contributed by atoms with Crippen LogP contribution in [-0.4, -0.2) is 37.8 Å². The summed E-state index contributed by atoms with van der Waals surface area (Å²) in [6.45, 7) is 4.15. The van der Waals surface area contributed by atoms with E-state index in [-0.39, 0.29) is 17.4 Å². The molecule has 1 atom stereocenters. The van der Waals surface area contributed by atoms with Crippen molar-refractivity contribution in [3.63, 3.8) is 0 Å². The molecule has 0 aliphatic heterocycles. The van der Waals surface area contributed by atoms with Crippen LogP contribution in [0.3, 0.4) is 0 Å². The number of esters is 1. The Morgan fingerprint density at radius 3 is 2.39 bits per heavy atom. The van der Waals surface area contributed by atoms with Gasteiger partial charge in [0.15, 0.2) is 0 Å². The molecule has 9 nitrogen and oxygen atoms in total. The first-order valence-corrected chi connectivity index (χ1v) is 14.4. The second-order valence-corrected chi connectivity index (χ2v) is 11.8. The molecule has 0 saturated heterocycles. The highest BCUT2D eigenvalue weighted by Gasteiger charge is 2.28. The zero-order valence-electron chi connectivity index (χ0n) is 21.1. The van der Waals surface area contributed by atoms with Crippen LogP contribution in [0.1, 0.15) is 24.8 Å². The smallest absolute Gasteiger partial charge is 0.321 e. The number of nitrogens with one attached hydrogen (secondary N) is 1. The fraction of sp³-hybridized carbons (Fsp3) is 0.250. The molecule has 0 aliphatic rings. The third kappa shape index (κ3) is 7.82. The van der Waals surface area contributed by atoms with E-state index in [2.05, 4.69) is 27.1 Å². The fourth-order valence-electron chi connectivity index (χ4n) is 3.87. The number of carbonyl (C=O) groups excluding carboxylic acids is 1. The first-order valence-electron chi connectivity index (χ1n) is 12.3. The summed E-state index contributed by atoms with van der Waals surface area (Å²) in [5, 5.41) is 16.9. The number of hydrogen-bond donors (Lipinski definition) is 1. The maximum Gasteiger partial charge on any atom is 0.321 e. The highest BCUT2D eigenvalue weighted by Crippen LogP contribution is 2.49. The lowest BCUT2D eigenvalue weighted by Crippen LogP contribution is -2.22. The molecule has 198 valence electrons. The number of nitrogens with zero attached hydrogens (tertiary/aromatic N) is 5. The third-order valence-electron chi connectivity index (χ3n) is 5.72.